The summed E-state index contributed by atoms with van der Waals surface area (Å²) in [4.78, 5) is 108. The molecule has 4 amide bonds. The van der Waals surface area contributed by atoms with Crippen molar-refractivity contribution in [2.45, 2.75) is 76.5 Å². The standard InChI is InChI=1S/2C11H16N2O8.3Mg/c2*1-5(14)12-7(11(20)21)4-8(15)13-6(10(18)19)2-3-9(16)17;;;/h2*6-7H,2-4H2,1H3,(H,12,14)(H,13,15)(H,16,17)(H,18,19)(H,20,21);;;/q;;3*+2/p-6/t2*6-,7-;;;/m00.../s1. The summed E-state index contributed by atoms with van der Waals surface area (Å²) < 4.78 is 0. The molecule has 0 spiro atoms. The summed E-state index contributed by atoms with van der Waals surface area (Å²) in [5, 5.41) is 70.9. The zero-order valence-electron chi connectivity index (χ0n) is 24.2. The summed E-state index contributed by atoms with van der Waals surface area (Å²) in [6.07, 6.45) is -3.75. The van der Waals surface area contributed by atoms with Crippen LogP contribution >= 0.6 is 0 Å². The first-order valence-electron chi connectivity index (χ1n) is 11.6. The monoisotopic (exact) mass is 674 g/mol. The van der Waals surface area contributed by atoms with Crippen LogP contribution in [0.3, 0.4) is 0 Å². The van der Waals surface area contributed by atoms with E-state index in [4.69, 9.17) is 0 Å². The van der Waals surface area contributed by atoms with Crippen molar-refractivity contribution in [3.63, 3.8) is 0 Å². The number of rotatable bonds is 18. The summed E-state index contributed by atoms with van der Waals surface area (Å²) in [7, 11) is 0. The minimum Gasteiger partial charge on any atom is -0.550 e. The molecule has 0 aromatic rings. The Morgan fingerprint density at radius 3 is 0.867 bits per heavy atom. The molecular formula is C22H26Mg3N4O16. The Bertz CT molecular complexity index is 993. The molecule has 0 aliphatic rings. The van der Waals surface area contributed by atoms with Gasteiger partial charge in [0.2, 0.25) is 23.6 Å². The summed E-state index contributed by atoms with van der Waals surface area (Å²) in [6, 6.07) is -6.50. The third kappa shape index (κ3) is 28.2. The molecule has 0 unspecified atom stereocenters. The zero-order valence-corrected chi connectivity index (χ0v) is 28.4. The predicted molar refractivity (Wildman–Crippen MR) is 134 cm³/mol. The second kappa shape index (κ2) is 27.3. The van der Waals surface area contributed by atoms with Crippen molar-refractivity contribution >= 4 is 129 Å². The van der Waals surface area contributed by atoms with E-state index in [1.807, 2.05) is 21.3 Å². The SMILES string of the molecule is CC(=O)N[C@@H](CC(=O)N[C@@H](CCC(=O)[O-])C(=O)[O-])C(=O)[O-].CC(=O)N[C@@H](CC(=O)N[C@@H](CCC(=O)[O-])C(=O)[O-])C(=O)[O-].[Mg+2].[Mg+2].[Mg+2]. The van der Waals surface area contributed by atoms with E-state index in [9.17, 15) is 78.6 Å². The number of carboxylic acid groups (broad SMARTS) is 6. The molecule has 0 saturated heterocycles. The summed E-state index contributed by atoms with van der Waals surface area (Å²) >= 11 is 0. The topological polar surface area (TPSA) is 357 Å². The Kier molecular flexibility index (Phi) is 31.3. The molecule has 0 fully saturated rings. The van der Waals surface area contributed by atoms with Gasteiger partial charge in [-0.15, -0.1) is 0 Å². The van der Waals surface area contributed by atoms with Crippen LogP contribution in [0, 0.1) is 0 Å². The van der Waals surface area contributed by atoms with Crippen LogP contribution in [0.1, 0.15) is 52.4 Å². The first kappa shape index (κ1) is 51.6. The smallest absolute Gasteiger partial charge is 0.550 e. The van der Waals surface area contributed by atoms with Gasteiger partial charge in [-0.1, -0.05) is 0 Å². The van der Waals surface area contributed by atoms with E-state index >= 15 is 0 Å². The number of carbonyl (C=O) groups excluding carboxylic acids is 10. The Morgan fingerprint density at radius 1 is 0.444 bits per heavy atom. The number of nitrogens with one attached hydrogen (secondary N) is 4. The van der Waals surface area contributed by atoms with E-state index in [0.717, 1.165) is 13.8 Å². The number of carbonyl (C=O) groups is 10. The van der Waals surface area contributed by atoms with Gasteiger partial charge in [-0.05, 0) is 25.7 Å². The van der Waals surface area contributed by atoms with Crippen molar-refractivity contribution in [3.05, 3.63) is 0 Å². The fourth-order valence-corrected chi connectivity index (χ4v) is 2.78. The average molecular weight is 675 g/mol. The van der Waals surface area contributed by atoms with Crippen molar-refractivity contribution in [1.29, 1.82) is 0 Å². The van der Waals surface area contributed by atoms with Gasteiger partial charge in [0.1, 0.15) is 0 Å². The maximum Gasteiger partial charge on any atom is 2.00 e. The molecule has 0 aromatic carbocycles. The number of carboxylic acids is 6. The predicted octanol–water partition coefficient (Wildman–Crippen LogP) is -12.4. The summed E-state index contributed by atoms with van der Waals surface area (Å²) in [5.41, 5.74) is 0. The fraction of sp³-hybridized carbons (Fsp3) is 0.545. The van der Waals surface area contributed by atoms with Crippen molar-refractivity contribution in [3.8, 4) is 0 Å². The van der Waals surface area contributed by atoms with Crippen LogP contribution < -0.4 is 51.9 Å². The van der Waals surface area contributed by atoms with Crippen LogP contribution in [0.4, 0.5) is 0 Å². The van der Waals surface area contributed by atoms with E-state index in [1.54, 1.807) is 0 Å². The molecule has 4 N–H and O–H groups in total. The Morgan fingerprint density at radius 2 is 0.689 bits per heavy atom. The molecule has 20 nitrogen and oxygen atoms in total. The number of amides is 4. The molecule has 23 heteroatoms. The molecule has 0 radical (unpaired) electrons. The van der Waals surface area contributed by atoms with Gasteiger partial charge in [-0.25, -0.2) is 0 Å². The van der Waals surface area contributed by atoms with Gasteiger partial charge in [0.15, 0.2) is 0 Å². The van der Waals surface area contributed by atoms with E-state index in [1.165, 1.54) is 0 Å². The van der Waals surface area contributed by atoms with Gasteiger partial charge >= 0.3 is 69.2 Å². The van der Waals surface area contributed by atoms with Gasteiger partial charge in [0.05, 0.1) is 60.9 Å². The van der Waals surface area contributed by atoms with Crippen molar-refractivity contribution in [1.82, 2.24) is 21.3 Å². The first-order chi connectivity index (χ1) is 19.3. The average Bonchev–Trinajstić information content (AvgIpc) is 2.82. The molecule has 236 valence electrons. The van der Waals surface area contributed by atoms with Crippen molar-refractivity contribution < 1.29 is 78.6 Å². The fourth-order valence-electron chi connectivity index (χ4n) is 2.78. The normalized spacial score (nSPS) is 12.0. The van der Waals surface area contributed by atoms with Gasteiger partial charge in [0.25, 0.3) is 0 Å². The van der Waals surface area contributed by atoms with E-state index in [0.29, 0.717) is 0 Å². The Hall–Kier alpha value is -3.00. The van der Waals surface area contributed by atoms with E-state index < -0.39 is 122 Å². The number of hydrogen-bond donors (Lipinski definition) is 4. The molecular weight excluding hydrogens is 649 g/mol. The molecule has 0 bridgehead atoms. The van der Waals surface area contributed by atoms with Gasteiger partial charge in [-0.3, -0.25) is 19.2 Å². The quantitative estimate of drug-likeness (QED) is 0.0980. The third-order valence-corrected chi connectivity index (χ3v) is 4.62. The van der Waals surface area contributed by atoms with Crippen molar-refractivity contribution in [2.75, 3.05) is 0 Å². The molecule has 0 aliphatic heterocycles. The first-order valence-corrected chi connectivity index (χ1v) is 11.6. The van der Waals surface area contributed by atoms with Gasteiger partial charge in [0, 0.05) is 25.8 Å². The third-order valence-electron chi connectivity index (χ3n) is 4.62. The van der Waals surface area contributed by atoms with Crippen LogP contribution in [0.15, 0.2) is 0 Å². The maximum atomic E-state index is 11.5. The molecule has 0 aromatic heterocycles. The molecule has 0 saturated carbocycles. The molecule has 0 aliphatic carbocycles. The second-order valence-corrected chi connectivity index (χ2v) is 8.25. The summed E-state index contributed by atoms with van der Waals surface area (Å²) in [6.45, 7) is 2.05. The Labute approximate surface area is 303 Å². The maximum absolute atomic E-state index is 11.5. The van der Waals surface area contributed by atoms with E-state index in [2.05, 4.69) is 0 Å². The van der Waals surface area contributed by atoms with Crippen LogP contribution in [0.25, 0.3) is 0 Å². The molecule has 45 heavy (non-hydrogen) atoms. The van der Waals surface area contributed by atoms with Crippen LogP contribution in [-0.4, -0.2) is 153 Å². The van der Waals surface area contributed by atoms with Gasteiger partial charge in [-0.2, -0.15) is 0 Å². The zero-order chi connectivity index (χ0) is 33.2. The molecule has 0 rings (SSSR count). The van der Waals surface area contributed by atoms with Crippen LogP contribution in [0.5, 0.6) is 0 Å². The van der Waals surface area contributed by atoms with Crippen molar-refractivity contribution in [2.24, 2.45) is 0 Å². The van der Waals surface area contributed by atoms with Gasteiger partial charge < -0.3 is 80.7 Å². The molecule has 0 heterocycles. The Balaban J connectivity index is -0.000000222. The van der Waals surface area contributed by atoms with Crippen LogP contribution in [0.2, 0.25) is 0 Å². The minimum atomic E-state index is -1.73. The second-order valence-electron chi connectivity index (χ2n) is 8.25. The number of hydrogen-bond acceptors (Lipinski definition) is 16. The minimum absolute atomic E-state index is 0. The largest absolute Gasteiger partial charge is 2.00 e. The van der Waals surface area contributed by atoms with Crippen LogP contribution in [-0.2, 0) is 47.9 Å². The van der Waals surface area contributed by atoms with E-state index in [-0.39, 0.29) is 69.2 Å². The summed E-state index contributed by atoms with van der Waals surface area (Å²) in [5.74, 6) is -13.4. The molecule has 4 atom stereocenters. The number of aliphatic carboxylic acids is 6.